The summed E-state index contributed by atoms with van der Waals surface area (Å²) in [5.41, 5.74) is 3.59. The van der Waals surface area contributed by atoms with Crippen molar-refractivity contribution in [2.75, 3.05) is 24.2 Å². The number of rotatable bonds is 9. The zero-order chi connectivity index (χ0) is 23.1. The molecule has 0 radical (unpaired) electrons. The first kappa shape index (κ1) is 23.3. The Bertz CT molecular complexity index is 1130. The summed E-state index contributed by atoms with van der Waals surface area (Å²) in [7, 11) is -1.74. The van der Waals surface area contributed by atoms with Gasteiger partial charge in [-0.15, -0.1) is 0 Å². The fraction of sp³-hybridized carbons (Fsp3) is 0.240. The van der Waals surface area contributed by atoms with Crippen molar-refractivity contribution in [3.8, 4) is 5.75 Å². The summed E-state index contributed by atoms with van der Waals surface area (Å²) in [6.45, 7) is 2.63. The first-order valence-corrected chi connectivity index (χ1v) is 12.1. The summed E-state index contributed by atoms with van der Waals surface area (Å²) >= 11 is 0. The SMILES string of the molecule is Cc1ccc(CN(c2ccc(OCC(=O)N(C)Cc3ccccc3)cc2)S(C)(=O)=O)cc1. The Labute approximate surface area is 190 Å². The molecule has 3 rings (SSSR count). The van der Waals surface area contributed by atoms with Crippen molar-refractivity contribution >= 4 is 21.6 Å². The van der Waals surface area contributed by atoms with Crippen LogP contribution in [0.5, 0.6) is 5.75 Å². The molecule has 0 spiro atoms. The van der Waals surface area contributed by atoms with Crippen LogP contribution >= 0.6 is 0 Å². The number of sulfonamides is 1. The van der Waals surface area contributed by atoms with Crippen LogP contribution in [0.2, 0.25) is 0 Å². The standard InChI is InChI=1S/C25H28N2O4S/c1-20-9-11-22(12-10-20)18-27(32(3,29)30)23-13-15-24(16-14-23)31-19-25(28)26(2)17-21-7-5-4-6-8-21/h4-16H,17-19H2,1-3H3. The molecule has 0 N–H and O–H groups in total. The molecular weight excluding hydrogens is 424 g/mol. The summed E-state index contributed by atoms with van der Waals surface area (Å²) in [5, 5.41) is 0. The van der Waals surface area contributed by atoms with Crippen molar-refractivity contribution in [1.82, 2.24) is 4.90 Å². The van der Waals surface area contributed by atoms with Gasteiger partial charge in [0.1, 0.15) is 5.75 Å². The van der Waals surface area contributed by atoms with Crippen LogP contribution in [0.25, 0.3) is 0 Å². The van der Waals surface area contributed by atoms with E-state index in [1.54, 1.807) is 36.2 Å². The van der Waals surface area contributed by atoms with E-state index in [0.717, 1.165) is 16.7 Å². The molecule has 0 atom stereocenters. The third-order valence-corrected chi connectivity index (χ3v) is 6.16. The van der Waals surface area contributed by atoms with Crippen LogP contribution in [0.3, 0.4) is 0 Å². The van der Waals surface area contributed by atoms with Gasteiger partial charge in [-0.3, -0.25) is 9.10 Å². The summed E-state index contributed by atoms with van der Waals surface area (Å²) in [6.07, 6.45) is 1.19. The number of benzene rings is 3. The predicted octanol–water partition coefficient (Wildman–Crippen LogP) is 4.00. The van der Waals surface area contributed by atoms with E-state index in [4.69, 9.17) is 4.74 Å². The Morgan fingerprint density at radius 1 is 0.844 bits per heavy atom. The van der Waals surface area contributed by atoms with Crippen LogP contribution in [0, 0.1) is 6.92 Å². The molecule has 32 heavy (non-hydrogen) atoms. The van der Waals surface area contributed by atoms with Crippen molar-refractivity contribution in [3.05, 3.63) is 95.6 Å². The molecule has 3 aromatic rings. The molecule has 0 aliphatic heterocycles. The van der Waals surface area contributed by atoms with Gasteiger partial charge in [0.05, 0.1) is 18.5 Å². The molecule has 0 fully saturated rings. The van der Waals surface area contributed by atoms with Gasteiger partial charge in [-0.25, -0.2) is 8.42 Å². The Morgan fingerprint density at radius 2 is 1.44 bits per heavy atom. The molecule has 0 heterocycles. The van der Waals surface area contributed by atoms with Crippen LogP contribution in [-0.4, -0.2) is 39.1 Å². The minimum absolute atomic E-state index is 0.0954. The molecule has 0 aliphatic rings. The second-order valence-corrected chi connectivity index (χ2v) is 9.68. The van der Waals surface area contributed by atoms with Gasteiger partial charge in [-0.1, -0.05) is 60.2 Å². The fourth-order valence-corrected chi connectivity index (χ4v) is 4.06. The molecule has 0 aromatic heterocycles. The number of amides is 1. The normalized spacial score (nSPS) is 11.1. The van der Waals surface area contributed by atoms with Crippen LogP contribution in [0.1, 0.15) is 16.7 Å². The molecule has 1 amide bonds. The summed E-state index contributed by atoms with van der Waals surface area (Å²) in [5.74, 6) is 0.356. The number of aryl methyl sites for hydroxylation is 1. The lowest BCUT2D eigenvalue weighted by Crippen LogP contribution is -2.31. The van der Waals surface area contributed by atoms with Gasteiger partial charge in [0.2, 0.25) is 10.0 Å². The second-order valence-electron chi connectivity index (χ2n) is 7.77. The van der Waals surface area contributed by atoms with Crippen molar-refractivity contribution in [1.29, 1.82) is 0 Å². The third-order valence-electron chi connectivity index (χ3n) is 5.02. The molecule has 3 aromatic carbocycles. The van der Waals surface area contributed by atoms with Crippen molar-refractivity contribution in [2.24, 2.45) is 0 Å². The minimum Gasteiger partial charge on any atom is -0.484 e. The van der Waals surface area contributed by atoms with Gasteiger partial charge in [-0.05, 0) is 42.3 Å². The molecule has 0 unspecified atom stereocenters. The smallest absolute Gasteiger partial charge is 0.260 e. The molecule has 0 bridgehead atoms. The molecular formula is C25H28N2O4S. The van der Waals surface area contributed by atoms with Crippen LogP contribution < -0.4 is 9.04 Å². The number of hydrogen-bond donors (Lipinski definition) is 0. The van der Waals surface area contributed by atoms with Crippen molar-refractivity contribution in [2.45, 2.75) is 20.0 Å². The molecule has 6 nitrogen and oxygen atoms in total. The Hall–Kier alpha value is -3.32. The number of nitrogens with zero attached hydrogens (tertiary/aromatic N) is 2. The Morgan fingerprint density at radius 3 is 2.03 bits per heavy atom. The van der Waals surface area contributed by atoms with Gasteiger partial charge in [0.15, 0.2) is 6.61 Å². The maximum Gasteiger partial charge on any atom is 0.260 e. The average Bonchev–Trinajstić information content (AvgIpc) is 2.77. The third kappa shape index (κ3) is 6.59. The Balaban J connectivity index is 1.62. The zero-order valence-corrected chi connectivity index (χ0v) is 19.4. The van der Waals surface area contributed by atoms with Gasteiger partial charge in [0.25, 0.3) is 5.91 Å². The Kier molecular flexibility index (Phi) is 7.53. The molecule has 7 heteroatoms. The second kappa shape index (κ2) is 10.3. The number of hydrogen-bond acceptors (Lipinski definition) is 4. The highest BCUT2D eigenvalue weighted by Crippen LogP contribution is 2.24. The summed E-state index contributed by atoms with van der Waals surface area (Å²) in [4.78, 5) is 14.0. The maximum atomic E-state index is 12.4. The highest BCUT2D eigenvalue weighted by molar-refractivity contribution is 7.92. The number of carbonyl (C=O) groups excluding carboxylic acids is 1. The summed E-state index contributed by atoms with van der Waals surface area (Å²) in [6, 6.07) is 24.2. The summed E-state index contributed by atoms with van der Waals surface area (Å²) < 4.78 is 31.7. The van der Waals surface area contributed by atoms with Crippen molar-refractivity contribution < 1.29 is 17.9 Å². The molecule has 0 aliphatic carbocycles. The zero-order valence-electron chi connectivity index (χ0n) is 18.6. The van der Waals surface area contributed by atoms with E-state index >= 15 is 0 Å². The van der Waals surface area contributed by atoms with Gasteiger partial charge in [-0.2, -0.15) is 0 Å². The largest absolute Gasteiger partial charge is 0.484 e. The lowest BCUT2D eigenvalue weighted by Gasteiger charge is -2.23. The van der Waals surface area contributed by atoms with E-state index in [1.807, 2.05) is 61.5 Å². The molecule has 0 saturated heterocycles. The van der Waals surface area contributed by atoms with Crippen LogP contribution in [0.4, 0.5) is 5.69 Å². The number of ether oxygens (including phenoxy) is 1. The lowest BCUT2D eigenvalue weighted by molar-refractivity contribution is -0.132. The van der Waals surface area contributed by atoms with Crippen LogP contribution in [0.15, 0.2) is 78.9 Å². The predicted molar refractivity (Wildman–Crippen MR) is 127 cm³/mol. The van der Waals surface area contributed by atoms with Gasteiger partial charge in [0, 0.05) is 13.6 Å². The minimum atomic E-state index is -3.47. The molecule has 0 saturated carbocycles. The first-order chi connectivity index (χ1) is 15.2. The van der Waals surface area contributed by atoms with Gasteiger partial charge >= 0.3 is 0 Å². The lowest BCUT2D eigenvalue weighted by atomic mass is 10.1. The number of likely N-dealkylation sites (N-methyl/N-ethyl adjacent to an activating group) is 1. The highest BCUT2D eigenvalue weighted by atomic mass is 32.2. The molecule has 168 valence electrons. The quantitative estimate of drug-likeness (QED) is 0.492. The van der Waals surface area contributed by atoms with E-state index in [2.05, 4.69) is 0 Å². The monoisotopic (exact) mass is 452 g/mol. The van der Waals surface area contributed by atoms with Crippen LogP contribution in [-0.2, 0) is 27.9 Å². The average molecular weight is 453 g/mol. The van der Waals surface area contributed by atoms with Gasteiger partial charge < -0.3 is 9.64 Å². The van der Waals surface area contributed by atoms with E-state index in [0.29, 0.717) is 18.0 Å². The maximum absolute atomic E-state index is 12.4. The van der Waals surface area contributed by atoms with E-state index < -0.39 is 10.0 Å². The highest BCUT2D eigenvalue weighted by Gasteiger charge is 2.18. The van der Waals surface area contributed by atoms with E-state index in [9.17, 15) is 13.2 Å². The number of anilines is 1. The first-order valence-electron chi connectivity index (χ1n) is 10.3. The topological polar surface area (TPSA) is 66.9 Å². The number of carbonyl (C=O) groups is 1. The fourth-order valence-electron chi connectivity index (χ4n) is 3.17. The van der Waals surface area contributed by atoms with E-state index in [1.165, 1.54) is 10.6 Å². The van der Waals surface area contributed by atoms with E-state index in [-0.39, 0.29) is 19.1 Å². The van der Waals surface area contributed by atoms with Crippen molar-refractivity contribution in [3.63, 3.8) is 0 Å².